The van der Waals surface area contributed by atoms with Gasteiger partial charge >= 0.3 is 0 Å². The van der Waals surface area contributed by atoms with E-state index in [1.165, 1.54) is 11.8 Å². The number of para-hydroxylation sites is 1. The van der Waals surface area contributed by atoms with Gasteiger partial charge in [0.2, 0.25) is 5.91 Å². The molecule has 1 amide bonds. The summed E-state index contributed by atoms with van der Waals surface area (Å²) in [5.41, 5.74) is 3.60. The van der Waals surface area contributed by atoms with Gasteiger partial charge in [0.15, 0.2) is 5.78 Å². The van der Waals surface area contributed by atoms with Gasteiger partial charge in [0.05, 0.1) is 34.6 Å². The van der Waals surface area contributed by atoms with Crippen LogP contribution in [-0.4, -0.2) is 28.5 Å². The van der Waals surface area contributed by atoms with Crippen LogP contribution in [0.25, 0.3) is 0 Å². The topological polar surface area (TPSA) is 132 Å². The molecule has 1 aliphatic heterocycles. The number of anilines is 1. The molecule has 1 aromatic heterocycles. The minimum absolute atomic E-state index is 0.0410. The molecule has 2 aromatic rings. The molecule has 1 aromatic carbocycles. The quantitative estimate of drug-likeness (QED) is 0.572. The summed E-state index contributed by atoms with van der Waals surface area (Å²) in [5, 5.41) is 24.1. The van der Waals surface area contributed by atoms with Gasteiger partial charge in [-0.05, 0) is 43.5 Å². The molecule has 0 saturated carbocycles. The van der Waals surface area contributed by atoms with Gasteiger partial charge in [0, 0.05) is 30.3 Å². The third kappa shape index (κ3) is 5.97. The third-order valence-corrected chi connectivity index (χ3v) is 6.27. The van der Waals surface area contributed by atoms with Gasteiger partial charge in [-0.2, -0.15) is 5.26 Å². The second-order valence-corrected chi connectivity index (χ2v) is 8.75. The lowest BCUT2D eigenvalue weighted by atomic mass is 9.79. The van der Waals surface area contributed by atoms with E-state index < -0.39 is 11.9 Å². The number of aliphatic carboxylic acids is 1. The molecule has 0 fully saturated rings. The molecule has 0 spiro atoms. The highest BCUT2D eigenvalue weighted by atomic mass is 32.2. The number of hydrogen-bond donors (Lipinski definition) is 3. The summed E-state index contributed by atoms with van der Waals surface area (Å²) >= 11 is 1.27. The fraction of sp³-hybridized carbons (Fsp3) is 0.280. The van der Waals surface area contributed by atoms with Crippen LogP contribution < -0.4 is 10.6 Å². The molecular formula is C25H25N3O5S. The van der Waals surface area contributed by atoms with E-state index in [1.807, 2.05) is 31.2 Å². The smallest absolute Gasteiger partial charge is 0.300 e. The second kappa shape index (κ2) is 11.4. The second-order valence-electron chi connectivity index (χ2n) is 7.77. The number of carbonyl (C=O) groups excluding carboxylic acids is 2. The third-order valence-electron chi connectivity index (χ3n) is 5.26. The first-order chi connectivity index (χ1) is 16.3. The predicted molar refractivity (Wildman–Crippen MR) is 129 cm³/mol. The highest BCUT2D eigenvalue weighted by molar-refractivity contribution is 8.03. The molecule has 0 saturated heterocycles. The van der Waals surface area contributed by atoms with Crippen molar-refractivity contribution in [2.24, 2.45) is 0 Å². The molecule has 0 bridgehead atoms. The maximum Gasteiger partial charge on any atom is 0.300 e. The van der Waals surface area contributed by atoms with E-state index in [4.69, 9.17) is 14.3 Å². The van der Waals surface area contributed by atoms with Crippen molar-refractivity contribution in [3.05, 3.63) is 75.9 Å². The number of nitriles is 1. The summed E-state index contributed by atoms with van der Waals surface area (Å²) in [5.74, 6) is -0.771. The molecule has 8 nitrogen and oxygen atoms in total. The Morgan fingerprint density at radius 1 is 1.26 bits per heavy atom. The summed E-state index contributed by atoms with van der Waals surface area (Å²) in [6.45, 7) is 3.02. The number of hydrogen-bond acceptors (Lipinski definition) is 7. The first-order valence-corrected chi connectivity index (χ1v) is 11.7. The molecule has 4 rings (SSSR count). The molecular weight excluding hydrogens is 454 g/mol. The lowest BCUT2D eigenvalue weighted by Gasteiger charge is -2.32. The molecule has 1 aliphatic carbocycles. The Kier molecular flexibility index (Phi) is 8.33. The number of allylic oxidation sites excluding steroid dienone is 3. The fourth-order valence-corrected chi connectivity index (χ4v) is 4.68. The number of Topliss-reactive ketones (excluding diaryl/α,β-unsaturated/α-hetero) is 1. The number of aryl methyl sites for hydroxylation is 1. The van der Waals surface area contributed by atoms with Crippen LogP contribution >= 0.6 is 11.8 Å². The molecule has 2 heterocycles. The van der Waals surface area contributed by atoms with Gasteiger partial charge in [0.1, 0.15) is 5.76 Å². The Hall–Kier alpha value is -3.77. The van der Waals surface area contributed by atoms with Crippen molar-refractivity contribution in [2.75, 3.05) is 11.1 Å². The highest BCUT2D eigenvalue weighted by Gasteiger charge is 2.38. The molecule has 2 aliphatic rings. The van der Waals surface area contributed by atoms with Crippen LogP contribution in [0.1, 0.15) is 43.4 Å². The van der Waals surface area contributed by atoms with E-state index >= 15 is 0 Å². The van der Waals surface area contributed by atoms with E-state index in [0.29, 0.717) is 28.4 Å². The Morgan fingerprint density at radius 2 is 2.00 bits per heavy atom. The van der Waals surface area contributed by atoms with Crippen LogP contribution in [0.4, 0.5) is 5.69 Å². The van der Waals surface area contributed by atoms with Crippen molar-refractivity contribution in [2.45, 2.75) is 39.0 Å². The number of dihydropyridines is 1. The monoisotopic (exact) mass is 479 g/mol. The maximum atomic E-state index is 12.7. The first kappa shape index (κ1) is 24.9. The molecule has 3 N–H and O–H groups in total. The van der Waals surface area contributed by atoms with Crippen LogP contribution in [0.15, 0.2) is 69.0 Å². The molecule has 0 radical (unpaired) electrons. The number of nitrogens with zero attached hydrogens (tertiary/aromatic N) is 1. The van der Waals surface area contributed by atoms with E-state index in [1.54, 1.807) is 18.4 Å². The van der Waals surface area contributed by atoms with Gasteiger partial charge < -0.3 is 20.2 Å². The molecule has 1 atom stereocenters. The highest BCUT2D eigenvalue weighted by Crippen LogP contribution is 2.44. The number of carboxylic acids is 1. The van der Waals surface area contributed by atoms with Gasteiger partial charge in [-0.15, -0.1) is 0 Å². The standard InChI is InChI=1S/C23H21N3O3S.C2H4O2/c1-14-6-2-3-7-16(14)25-20(28)13-30-23-15(12-24)21(19-10-5-11-29-19)22-17(26-23)8-4-9-18(22)27;1-2(3)4/h2-3,5-7,10-11,21,26H,4,8-9,13H2,1H3,(H,25,28);1H3,(H,3,4). The SMILES string of the molecule is CC(=O)O.Cc1ccccc1NC(=O)CSC1=C(C#N)C(c2ccco2)C2=C(CCCC2=O)N1. The Balaban J connectivity index is 0.000000751. The number of ketones is 1. The Labute approximate surface area is 201 Å². The lowest BCUT2D eigenvalue weighted by molar-refractivity contribution is -0.134. The normalized spacial score (nSPS) is 17.1. The zero-order valence-corrected chi connectivity index (χ0v) is 19.7. The van der Waals surface area contributed by atoms with Crippen molar-refractivity contribution >= 4 is 35.1 Å². The lowest BCUT2D eigenvalue weighted by Crippen LogP contribution is -2.31. The number of nitrogens with one attached hydrogen (secondary N) is 2. The zero-order valence-electron chi connectivity index (χ0n) is 18.9. The average molecular weight is 480 g/mol. The van der Waals surface area contributed by atoms with E-state index in [0.717, 1.165) is 36.7 Å². The van der Waals surface area contributed by atoms with Gasteiger partial charge in [-0.25, -0.2) is 0 Å². The summed E-state index contributed by atoms with van der Waals surface area (Å²) in [4.78, 5) is 34.2. The molecule has 9 heteroatoms. The van der Waals surface area contributed by atoms with Crippen LogP contribution in [0.3, 0.4) is 0 Å². The molecule has 34 heavy (non-hydrogen) atoms. The zero-order chi connectivity index (χ0) is 24.7. The van der Waals surface area contributed by atoms with Gasteiger partial charge in [0.25, 0.3) is 5.97 Å². The number of furan rings is 1. The largest absolute Gasteiger partial charge is 0.481 e. The van der Waals surface area contributed by atoms with E-state index in [2.05, 4.69) is 16.7 Å². The number of thioether (sulfide) groups is 1. The van der Waals surface area contributed by atoms with E-state index in [9.17, 15) is 14.9 Å². The maximum absolute atomic E-state index is 12.7. The van der Waals surface area contributed by atoms with Crippen LogP contribution in [0.2, 0.25) is 0 Å². The molecule has 1 unspecified atom stereocenters. The van der Waals surface area contributed by atoms with Crippen molar-refractivity contribution in [1.82, 2.24) is 5.32 Å². The number of carbonyl (C=O) groups is 3. The summed E-state index contributed by atoms with van der Waals surface area (Å²) in [6.07, 6.45) is 3.51. The number of carboxylic acid groups (broad SMARTS) is 1. The Morgan fingerprint density at radius 3 is 2.65 bits per heavy atom. The minimum atomic E-state index is -0.833. The fourth-order valence-electron chi connectivity index (χ4n) is 3.81. The molecule has 176 valence electrons. The van der Waals surface area contributed by atoms with Crippen molar-refractivity contribution < 1.29 is 23.9 Å². The van der Waals surface area contributed by atoms with Crippen molar-refractivity contribution in [3.63, 3.8) is 0 Å². The summed E-state index contributed by atoms with van der Waals surface area (Å²) in [6, 6.07) is 13.4. The number of benzene rings is 1. The number of amides is 1. The van der Waals surface area contributed by atoms with Crippen LogP contribution in [0, 0.1) is 18.3 Å². The minimum Gasteiger partial charge on any atom is -0.481 e. The van der Waals surface area contributed by atoms with Gasteiger partial charge in [-0.3, -0.25) is 14.4 Å². The van der Waals surface area contributed by atoms with Crippen LogP contribution in [0.5, 0.6) is 0 Å². The van der Waals surface area contributed by atoms with E-state index in [-0.39, 0.29) is 17.4 Å². The van der Waals surface area contributed by atoms with Gasteiger partial charge in [-0.1, -0.05) is 30.0 Å². The number of rotatable bonds is 5. The van der Waals surface area contributed by atoms with Crippen molar-refractivity contribution in [3.8, 4) is 6.07 Å². The summed E-state index contributed by atoms with van der Waals surface area (Å²) in [7, 11) is 0. The average Bonchev–Trinajstić information content (AvgIpc) is 3.32. The first-order valence-electron chi connectivity index (χ1n) is 10.7. The van der Waals surface area contributed by atoms with Crippen molar-refractivity contribution in [1.29, 1.82) is 5.26 Å². The summed E-state index contributed by atoms with van der Waals surface area (Å²) < 4.78 is 5.58. The van der Waals surface area contributed by atoms with Crippen LogP contribution in [-0.2, 0) is 14.4 Å². The predicted octanol–water partition coefficient (Wildman–Crippen LogP) is 4.48. The Bertz CT molecular complexity index is 1190.